The molecule has 3 heteroatoms. The highest BCUT2D eigenvalue weighted by molar-refractivity contribution is 5.35. The number of aromatic nitrogens is 2. The summed E-state index contributed by atoms with van der Waals surface area (Å²) in [5.41, 5.74) is 7.91. The van der Waals surface area contributed by atoms with Gasteiger partial charge in [0.1, 0.15) is 0 Å². The summed E-state index contributed by atoms with van der Waals surface area (Å²) in [7, 11) is 0. The molecule has 0 radical (unpaired) electrons. The van der Waals surface area contributed by atoms with Gasteiger partial charge in [0.2, 0.25) is 0 Å². The quantitative estimate of drug-likeness (QED) is 0.769. The molecule has 0 aliphatic carbocycles. The van der Waals surface area contributed by atoms with E-state index in [4.69, 9.17) is 5.73 Å². The predicted octanol–water partition coefficient (Wildman–Crippen LogP) is 2.06. The number of nitrogens with zero attached hydrogens (tertiary/aromatic N) is 2. The van der Waals surface area contributed by atoms with E-state index in [1.54, 1.807) is 12.3 Å². The van der Waals surface area contributed by atoms with Gasteiger partial charge in [0.25, 0.3) is 0 Å². The molecular formula is C12H13N3. The molecule has 2 rings (SSSR count). The second-order valence-corrected chi connectivity index (χ2v) is 3.30. The molecule has 0 bridgehead atoms. The Kier molecular flexibility index (Phi) is 2.65. The minimum absolute atomic E-state index is 0.100. The molecule has 0 aliphatic heterocycles. The van der Waals surface area contributed by atoms with E-state index < -0.39 is 0 Å². The topological polar surface area (TPSA) is 43.8 Å². The molecule has 1 aromatic heterocycles. The highest BCUT2D eigenvalue weighted by Gasteiger charge is 2.01. The van der Waals surface area contributed by atoms with Crippen molar-refractivity contribution in [1.82, 2.24) is 9.78 Å². The highest BCUT2D eigenvalue weighted by Crippen LogP contribution is 2.14. The Bertz CT molecular complexity index is 428. The Morgan fingerprint density at radius 3 is 2.60 bits per heavy atom. The molecule has 0 saturated heterocycles. The lowest BCUT2D eigenvalue weighted by Crippen LogP contribution is -2.06. The van der Waals surface area contributed by atoms with Crippen LogP contribution < -0.4 is 5.73 Å². The van der Waals surface area contributed by atoms with E-state index in [1.165, 1.54) is 0 Å². The fourth-order valence-corrected chi connectivity index (χ4v) is 1.41. The smallest absolute Gasteiger partial charge is 0.0645 e. The summed E-state index contributed by atoms with van der Waals surface area (Å²) in [6.45, 7) is 3.67. The van der Waals surface area contributed by atoms with Gasteiger partial charge in [-0.2, -0.15) is 5.10 Å². The molecule has 0 unspecified atom stereocenters. The van der Waals surface area contributed by atoms with Crippen LogP contribution in [0, 0.1) is 0 Å². The zero-order valence-electron chi connectivity index (χ0n) is 8.38. The van der Waals surface area contributed by atoms with E-state index in [9.17, 15) is 0 Å². The van der Waals surface area contributed by atoms with E-state index in [1.807, 2.05) is 41.2 Å². The molecule has 1 heterocycles. The molecule has 2 N–H and O–H groups in total. The number of nitrogens with two attached hydrogens (primary N) is 1. The first-order valence-corrected chi connectivity index (χ1v) is 4.79. The zero-order valence-corrected chi connectivity index (χ0v) is 8.38. The van der Waals surface area contributed by atoms with Crippen LogP contribution in [0.1, 0.15) is 11.6 Å². The average Bonchev–Trinajstić information content (AvgIpc) is 2.82. The zero-order chi connectivity index (χ0) is 10.7. The van der Waals surface area contributed by atoms with Gasteiger partial charge in [-0.25, -0.2) is 4.68 Å². The number of rotatable bonds is 3. The molecule has 15 heavy (non-hydrogen) atoms. The van der Waals surface area contributed by atoms with Gasteiger partial charge in [0.15, 0.2) is 0 Å². The largest absolute Gasteiger partial charge is 0.321 e. The van der Waals surface area contributed by atoms with Gasteiger partial charge in [-0.05, 0) is 23.8 Å². The van der Waals surface area contributed by atoms with Crippen LogP contribution in [-0.2, 0) is 0 Å². The fourth-order valence-electron chi connectivity index (χ4n) is 1.41. The molecule has 1 atom stereocenters. The molecule has 2 aromatic rings. The third kappa shape index (κ3) is 1.97. The van der Waals surface area contributed by atoms with Crippen molar-refractivity contribution in [3.05, 3.63) is 60.9 Å². The maximum atomic E-state index is 5.82. The standard InChI is InChI=1S/C12H13N3/c1-2-12(13)10-4-6-11(7-5-10)15-9-3-8-14-15/h2-9,12H,1,13H2/t12-/m1/s1. The third-order valence-electron chi connectivity index (χ3n) is 2.30. The molecule has 0 amide bonds. The van der Waals surface area contributed by atoms with Crippen molar-refractivity contribution < 1.29 is 0 Å². The van der Waals surface area contributed by atoms with Crippen molar-refractivity contribution in [2.45, 2.75) is 6.04 Å². The molecule has 1 aromatic carbocycles. The van der Waals surface area contributed by atoms with Crippen LogP contribution in [0.25, 0.3) is 5.69 Å². The number of hydrogen-bond acceptors (Lipinski definition) is 2. The number of benzene rings is 1. The van der Waals surface area contributed by atoms with Crippen LogP contribution in [0.5, 0.6) is 0 Å². The fraction of sp³-hybridized carbons (Fsp3) is 0.0833. The summed E-state index contributed by atoms with van der Waals surface area (Å²) in [6, 6.07) is 9.75. The first kappa shape index (κ1) is 9.68. The van der Waals surface area contributed by atoms with Crippen LogP contribution in [0.3, 0.4) is 0 Å². The Labute approximate surface area is 88.8 Å². The van der Waals surface area contributed by atoms with Gasteiger partial charge in [0, 0.05) is 18.4 Å². The van der Waals surface area contributed by atoms with Gasteiger partial charge in [-0.15, -0.1) is 6.58 Å². The van der Waals surface area contributed by atoms with Crippen molar-refractivity contribution >= 4 is 0 Å². The maximum Gasteiger partial charge on any atom is 0.0645 e. The monoisotopic (exact) mass is 199 g/mol. The molecule has 0 saturated carbocycles. The second kappa shape index (κ2) is 4.11. The summed E-state index contributed by atoms with van der Waals surface area (Å²) in [5.74, 6) is 0. The van der Waals surface area contributed by atoms with Gasteiger partial charge >= 0.3 is 0 Å². The summed E-state index contributed by atoms with van der Waals surface area (Å²) >= 11 is 0. The van der Waals surface area contributed by atoms with Crippen molar-refractivity contribution in [2.24, 2.45) is 5.73 Å². The van der Waals surface area contributed by atoms with Crippen LogP contribution >= 0.6 is 0 Å². The Hall–Kier alpha value is -1.87. The lowest BCUT2D eigenvalue weighted by atomic mass is 10.1. The van der Waals surface area contributed by atoms with E-state index in [2.05, 4.69) is 11.7 Å². The summed E-state index contributed by atoms with van der Waals surface area (Å²) < 4.78 is 1.81. The normalized spacial score (nSPS) is 12.3. The first-order valence-electron chi connectivity index (χ1n) is 4.79. The van der Waals surface area contributed by atoms with E-state index in [0.29, 0.717) is 0 Å². The van der Waals surface area contributed by atoms with Crippen molar-refractivity contribution in [3.8, 4) is 5.69 Å². The predicted molar refractivity (Wildman–Crippen MR) is 60.7 cm³/mol. The van der Waals surface area contributed by atoms with Crippen molar-refractivity contribution in [1.29, 1.82) is 0 Å². The second-order valence-electron chi connectivity index (χ2n) is 3.30. The minimum Gasteiger partial charge on any atom is -0.321 e. The van der Waals surface area contributed by atoms with Crippen LogP contribution in [-0.4, -0.2) is 9.78 Å². The van der Waals surface area contributed by atoms with Gasteiger partial charge in [0.05, 0.1) is 5.69 Å². The van der Waals surface area contributed by atoms with Crippen LogP contribution in [0.2, 0.25) is 0 Å². The molecular weight excluding hydrogens is 186 g/mol. The van der Waals surface area contributed by atoms with Crippen LogP contribution in [0.4, 0.5) is 0 Å². The van der Waals surface area contributed by atoms with Crippen molar-refractivity contribution in [3.63, 3.8) is 0 Å². The van der Waals surface area contributed by atoms with Crippen LogP contribution in [0.15, 0.2) is 55.4 Å². The van der Waals surface area contributed by atoms with Crippen molar-refractivity contribution in [2.75, 3.05) is 0 Å². The summed E-state index contributed by atoms with van der Waals surface area (Å²) in [4.78, 5) is 0. The summed E-state index contributed by atoms with van der Waals surface area (Å²) in [5, 5.41) is 4.15. The lowest BCUT2D eigenvalue weighted by Gasteiger charge is -2.07. The number of hydrogen-bond donors (Lipinski definition) is 1. The van der Waals surface area contributed by atoms with E-state index >= 15 is 0 Å². The van der Waals surface area contributed by atoms with Gasteiger partial charge < -0.3 is 5.73 Å². The molecule has 3 nitrogen and oxygen atoms in total. The summed E-state index contributed by atoms with van der Waals surface area (Å²) in [6.07, 6.45) is 5.38. The average molecular weight is 199 g/mol. The van der Waals surface area contributed by atoms with Gasteiger partial charge in [-0.3, -0.25) is 0 Å². The first-order chi connectivity index (χ1) is 7.31. The third-order valence-corrected chi connectivity index (χ3v) is 2.30. The molecule has 0 fully saturated rings. The maximum absolute atomic E-state index is 5.82. The Morgan fingerprint density at radius 1 is 1.33 bits per heavy atom. The molecule has 76 valence electrons. The SMILES string of the molecule is C=C[C@@H](N)c1ccc(-n2cccn2)cc1. The molecule has 0 aliphatic rings. The lowest BCUT2D eigenvalue weighted by molar-refractivity contribution is 0.872. The van der Waals surface area contributed by atoms with E-state index in [-0.39, 0.29) is 6.04 Å². The minimum atomic E-state index is -0.100. The van der Waals surface area contributed by atoms with E-state index in [0.717, 1.165) is 11.3 Å². The Balaban J connectivity index is 2.28. The Morgan fingerprint density at radius 2 is 2.07 bits per heavy atom. The van der Waals surface area contributed by atoms with Gasteiger partial charge in [-0.1, -0.05) is 18.2 Å². The molecule has 0 spiro atoms. The highest BCUT2D eigenvalue weighted by atomic mass is 15.3.